The van der Waals surface area contributed by atoms with Crippen LogP contribution in [0.4, 0.5) is 5.69 Å². The highest BCUT2D eigenvalue weighted by molar-refractivity contribution is 5.97. The van der Waals surface area contributed by atoms with E-state index in [1.54, 1.807) is 24.3 Å². The van der Waals surface area contributed by atoms with E-state index in [9.17, 15) is 9.59 Å². The second-order valence-electron chi connectivity index (χ2n) is 4.44. The van der Waals surface area contributed by atoms with Gasteiger partial charge in [0.25, 0.3) is 5.91 Å². The summed E-state index contributed by atoms with van der Waals surface area (Å²) < 4.78 is 0. The van der Waals surface area contributed by atoms with Crippen LogP contribution in [-0.4, -0.2) is 36.1 Å². The lowest BCUT2D eigenvalue weighted by atomic mass is 10.1. The van der Waals surface area contributed by atoms with Crippen LogP contribution in [0.1, 0.15) is 30.1 Å². The van der Waals surface area contributed by atoms with Crippen LogP contribution in [0.25, 0.3) is 0 Å². The Morgan fingerprint density at radius 2 is 1.95 bits per heavy atom. The number of aliphatic hydroxyl groups is 1. The SMILES string of the molecule is CCCC(N)C(=O)Nc1ccc(C(=O)NCCO)cc1. The molecule has 1 atom stereocenters. The molecule has 110 valence electrons. The number of hydrogen-bond acceptors (Lipinski definition) is 4. The van der Waals surface area contributed by atoms with E-state index in [4.69, 9.17) is 10.8 Å². The maximum Gasteiger partial charge on any atom is 0.251 e. The van der Waals surface area contributed by atoms with Gasteiger partial charge in [0.15, 0.2) is 0 Å². The first-order valence-corrected chi connectivity index (χ1v) is 6.64. The Labute approximate surface area is 118 Å². The van der Waals surface area contributed by atoms with E-state index in [1.807, 2.05) is 6.92 Å². The molecule has 5 N–H and O–H groups in total. The van der Waals surface area contributed by atoms with Crippen molar-refractivity contribution in [3.05, 3.63) is 29.8 Å². The molecule has 0 bridgehead atoms. The zero-order valence-electron chi connectivity index (χ0n) is 11.6. The van der Waals surface area contributed by atoms with Gasteiger partial charge in [-0.1, -0.05) is 13.3 Å². The molecule has 0 fully saturated rings. The molecule has 0 aliphatic heterocycles. The normalized spacial score (nSPS) is 11.8. The second kappa shape index (κ2) is 8.29. The Morgan fingerprint density at radius 3 is 2.50 bits per heavy atom. The summed E-state index contributed by atoms with van der Waals surface area (Å²) in [7, 11) is 0. The Morgan fingerprint density at radius 1 is 1.30 bits per heavy atom. The van der Waals surface area contributed by atoms with E-state index >= 15 is 0 Å². The molecule has 0 heterocycles. The third kappa shape index (κ3) is 4.99. The van der Waals surface area contributed by atoms with Gasteiger partial charge >= 0.3 is 0 Å². The van der Waals surface area contributed by atoms with E-state index in [2.05, 4.69) is 10.6 Å². The molecule has 1 aromatic rings. The summed E-state index contributed by atoms with van der Waals surface area (Å²) in [5.41, 5.74) is 6.77. The number of nitrogens with two attached hydrogens (primary N) is 1. The van der Waals surface area contributed by atoms with Gasteiger partial charge in [0.05, 0.1) is 12.6 Å². The van der Waals surface area contributed by atoms with Gasteiger partial charge in [-0.05, 0) is 30.7 Å². The third-order valence-electron chi connectivity index (χ3n) is 2.75. The molecule has 0 saturated carbocycles. The van der Waals surface area contributed by atoms with Crippen LogP contribution in [0.15, 0.2) is 24.3 Å². The molecule has 0 aromatic heterocycles. The van der Waals surface area contributed by atoms with Crippen molar-refractivity contribution in [2.45, 2.75) is 25.8 Å². The van der Waals surface area contributed by atoms with Crippen LogP contribution in [-0.2, 0) is 4.79 Å². The van der Waals surface area contributed by atoms with Gasteiger partial charge in [0.2, 0.25) is 5.91 Å². The first-order chi connectivity index (χ1) is 9.58. The smallest absolute Gasteiger partial charge is 0.251 e. The van der Waals surface area contributed by atoms with Crippen LogP contribution >= 0.6 is 0 Å². The number of rotatable bonds is 7. The number of nitrogens with one attached hydrogen (secondary N) is 2. The number of carbonyl (C=O) groups excluding carboxylic acids is 2. The van der Waals surface area contributed by atoms with Crippen LogP contribution in [0, 0.1) is 0 Å². The third-order valence-corrected chi connectivity index (χ3v) is 2.75. The van der Waals surface area contributed by atoms with Gasteiger partial charge < -0.3 is 21.5 Å². The van der Waals surface area contributed by atoms with Crippen molar-refractivity contribution in [1.29, 1.82) is 0 Å². The van der Waals surface area contributed by atoms with Crippen molar-refractivity contribution >= 4 is 17.5 Å². The summed E-state index contributed by atoms with van der Waals surface area (Å²) in [6, 6.07) is 5.98. The summed E-state index contributed by atoms with van der Waals surface area (Å²) in [6.07, 6.45) is 1.48. The highest BCUT2D eigenvalue weighted by Gasteiger charge is 2.12. The quantitative estimate of drug-likeness (QED) is 0.582. The lowest BCUT2D eigenvalue weighted by Crippen LogP contribution is -2.35. The molecule has 0 saturated heterocycles. The number of carbonyl (C=O) groups is 2. The number of aliphatic hydroxyl groups excluding tert-OH is 1. The average molecular weight is 279 g/mol. The fourth-order valence-electron chi connectivity index (χ4n) is 1.65. The largest absolute Gasteiger partial charge is 0.395 e. The number of anilines is 1. The first kappa shape index (κ1) is 16.1. The highest BCUT2D eigenvalue weighted by Crippen LogP contribution is 2.10. The van der Waals surface area contributed by atoms with Crippen LogP contribution in [0.3, 0.4) is 0 Å². The zero-order valence-corrected chi connectivity index (χ0v) is 11.6. The second-order valence-corrected chi connectivity index (χ2v) is 4.44. The molecule has 1 unspecified atom stereocenters. The van der Waals surface area contributed by atoms with E-state index in [-0.39, 0.29) is 25.0 Å². The van der Waals surface area contributed by atoms with E-state index in [0.717, 1.165) is 6.42 Å². The van der Waals surface area contributed by atoms with E-state index in [1.165, 1.54) is 0 Å². The van der Waals surface area contributed by atoms with Crippen LogP contribution < -0.4 is 16.4 Å². The van der Waals surface area contributed by atoms with E-state index in [0.29, 0.717) is 17.7 Å². The Bertz CT molecular complexity index is 445. The molecule has 6 heteroatoms. The van der Waals surface area contributed by atoms with Crippen molar-refractivity contribution < 1.29 is 14.7 Å². The molecule has 1 aromatic carbocycles. The predicted octanol–water partition coefficient (Wildman–Crippen LogP) is 0.475. The molecule has 1 rings (SSSR count). The molecule has 20 heavy (non-hydrogen) atoms. The van der Waals surface area contributed by atoms with Gasteiger partial charge in [-0.2, -0.15) is 0 Å². The minimum absolute atomic E-state index is 0.102. The molecule has 6 nitrogen and oxygen atoms in total. The Hall–Kier alpha value is -1.92. The monoisotopic (exact) mass is 279 g/mol. The highest BCUT2D eigenvalue weighted by atomic mass is 16.3. The number of amides is 2. The summed E-state index contributed by atoms with van der Waals surface area (Å²) in [5, 5.41) is 13.9. The molecule has 0 aliphatic rings. The van der Waals surface area contributed by atoms with Gasteiger partial charge in [0.1, 0.15) is 0 Å². The van der Waals surface area contributed by atoms with Crippen molar-refractivity contribution in [2.24, 2.45) is 5.73 Å². The zero-order chi connectivity index (χ0) is 15.0. The minimum atomic E-state index is -0.521. The lowest BCUT2D eigenvalue weighted by Gasteiger charge is -2.11. The average Bonchev–Trinajstić information content (AvgIpc) is 2.45. The van der Waals surface area contributed by atoms with Crippen LogP contribution in [0.2, 0.25) is 0 Å². The fraction of sp³-hybridized carbons (Fsp3) is 0.429. The summed E-state index contributed by atoms with van der Waals surface area (Å²) in [6.45, 7) is 2.07. The van der Waals surface area contributed by atoms with Crippen molar-refractivity contribution in [3.63, 3.8) is 0 Å². The molecular formula is C14H21N3O3. The minimum Gasteiger partial charge on any atom is -0.395 e. The Kier molecular flexibility index (Phi) is 6.69. The summed E-state index contributed by atoms with van der Waals surface area (Å²) in [5.74, 6) is -0.496. The number of benzene rings is 1. The molecule has 2 amide bonds. The van der Waals surface area contributed by atoms with Gasteiger partial charge in [0, 0.05) is 17.8 Å². The topological polar surface area (TPSA) is 104 Å². The lowest BCUT2D eigenvalue weighted by molar-refractivity contribution is -0.117. The van der Waals surface area contributed by atoms with Gasteiger partial charge in [-0.25, -0.2) is 0 Å². The predicted molar refractivity (Wildman–Crippen MR) is 77.4 cm³/mol. The Balaban J connectivity index is 2.58. The van der Waals surface area contributed by atoms with Crippen LogP contribution in [0.5, 0.6) is 0 Å². The first-order valence-electron chi connectivity index (χ1n) is 6.64. The maximum atomic E-state index is 11.7. The summed E-state index contributed by atoms with van der Waals surface area (Å²) in [4.78, 5) is 23.3. The van der Waals surface area contributed by atoms with Crippen molar-refractivity contribution in [1.82, 2.24) is 5.32 Å². The molecule has 0 aliphatic carbocycles. The summed E-state index contributed by atoms with van der Waals surface area (Å²) >= 11 is 0. The molecule has 0 radical (unpaired) electrons. The van der Waals surface area contributed by atoms with Gasteiger partial charge in [-0.3, -0.25) is 9.59 Å². The van der Waals surface area contributed by atoms with E-state index < -0.39 is 6.04 Å². The molecule has 0 spiro atoms. The molecular weight excluding hydrogens is 258 g/mol. The van der Waals surface area contributed by atoms with Crippen molar-refractivity contribution in [2.75, 3.05) is 18.5 Å². The fourth-order valence-corrected chi connectivity index (χ4v) is 1.65. The standard InChI is InChI=1S/C14H21N3O3/c1-2-3-12(15)14(20)17-11-6-4-10(5-7-11)13(19)16-8-9-18/h4-7,12,18H,2-3,8-9,15H2,1H3,(H,16,19)(H,17,20). The van der Waals surface area contributed by atoms with Gasteiger partial charge in [-0.15, -0.1) is 0 Å². The maximum absolute atomic E-state index is 11.7. The van der Waals surface area contributed by atoms with Crippen molar-refractivity contribution in [3.8, 4) is 0 Å². The number of hydrogen-bond donors (Lipinski definition) is 4.